The number of carbonyl (C=O) groups is 2. The van der Waals surface area contributed by atoms with Crippen molar-refractivity contribution >= 4 is 12.3 Å². The molecule has 3 nitrogen and oxygen atoms in total. The van der Waals surface area contributed by atoms with Gasteiger partial charge in [0.15, 0.2) is 0 Å². The zero-order chi connectivity index (χ0) is 14.8. The van der Waals surface area contributed by atoms with Crippen molar-refractivity contribution in [2.75, 3.05) is 0 Å². The van der Waals surface area contributed by atoms with E-state index in [2.05, 4.69) is 6.92 Å². The molecule has 1 atom stereocenters. The van der Waals surface area contributed by atoms with E-state index in [1.807, 2.05) is 12.1 Å². The standard InChI is InChI=1S/C17H24O3/c1-3-4-5-6-7-11-17(20-14(2)19)16-10-8-9-15(12-16)13-18/h8-10,12-13,17H,3-7,11H2,1-2H3. The summed E-state index contributed by atoms with van der Waals surface area (Å²) in [4.78, 5) is 22.1. The monoisotopic (exact) mass is 276 g/mol. The average molecular weight is 276 g/mol. The van der Waals surface area contributed by atoms with E-state index in [0.29, 0.717) is 5.56 Å². The van der Waals surface area contributed by atoms with Crippen molar-refractivity contribution < 1.29 is 14.3 Å². The van der Waals surface area contributed by atoms with E-state index in [1.54, 1.807) is 12.1 Å². The molecule has 110 valence electrons. The molecule has 0 N–H and O–H groups in total. The van der Waals surface area contributed by atoms with Crippen LogP contribution >= 0.6 is 0 Å². The predicted molar refractivity (Wildman–Crippen MR) is 79.7 cm³/mol. The van der Waals surface area contributed by atoms with Gasteiger partial charge in [0, 0.05) is 12.5 Å². The highest BCUT2D eigenvalue weighted by Gasteiger charge is 2.14. The number of ether oxygens (including phenoxy) is 1. The number of benzene rings is 1. The second-order valence-corrected chi connectivity index (χ2v) is 5.09. The van der Waals surface area contributed by atoms with Crippen LogP contribution in [0.4, 0.5) is 0 Å². The Hall–Kier alpha value is -1.64. The summed E-state index contributed by atoms with van der Waals surface area (Å²) >= 11 is 0. The molecule has 0 spiro atoms. The minimum absolute atomic E-state index is 0.242. The van der Waals surface area contributed by atoms with Crippen molar-refractivity contribution in [2.24, 2.45) is 0 Å². The highest BCUT2D eigenvalue weighted by atomic mass is 16.5. The van der Waals surface area contributed by atoms with Crippen molar-refractivity contribution in [3.63, 3.8) is 0 Å². The molecule has 0 saturated heterocycles. The van der Waals surface area contributed by atoms with E-state index in [0.717, 1.165) is 31.1 Å². The maximum absolute atomic E-state index is 11.2. The van der Waals surface area contributed by atoms with E-state index in [4.69, 9.17) is 4.74 Å². The minimum atomic E-state index is -0.278. The van der Waals surface area contributed by atoms with Gasteiger partial charge >= 0.3 is 5.97 Å². The predicted octanol–water partition coefficient (Wildman–Crippen LogP) is 4.46. The summed E-state index contributed by atoms with van der Waals surface area (Å²) in [5.41, 5.74) is 1.52. The molecule has 1 unspecified atom stereocenters. The van der Waals surface area contributed by atoms with Crippen molar-refractivity contribution in [3.8, 4) is 0 Å². The zero-order valence-electron chi connectivity index (χ0n) is 12.4. The first-order chi connectivity index (χ1) is 9.67. The largest absolute Gasteiger partial charge is 0.458 e. The van der Waals surface area contributed by atoms with Gasteiger partial charge in [0.25, 0.3) is 0 Å². The lowest BCUT2D eigenvalue weighted by molar-refractivity contribution is -0.147. The molecule has 1 aromatic rings. The number of unbranched alkanes of at least 4 members (excludes halogenated alkanes) is 4. The molecule has 0 saturated carbocycles. The van der Waals surface area contributed by atoms with Crippen LogP contribution < -0.4 is 0 Å². The van der Waals surface area contributed by atoms with E-state index in [9.17, 15) is 9.59 Å². The minimum Gasteiger partial charge on any atom is -0.458 e. The topological polar surface area (TPSA) is 43.4 Å². The van der Waals surface area contributed by atoms with Crippen LogP contribution in [0.3, 0.4) is 0 Å². The molecule has 0 aromatic heterocycles. The first-order valence-electron chi connectivity index (χ1n) is 7.39. The van der Waals surface area contributed by atoms with Crippen LogP contribution in [-0.4, -0.2) is 12.3 Å². The van der Waals surface area contributed by atoms with E-state index >= 15 is 0 Å². The fraction of sp³-hybridized carbons (Fsp3) is 0.529. The van der Waals surface area contributed by atoms with Crippen molar-refractivity contribution in [2.45, 2.75) is 58.5 Å². The lowest BCUT2D eigenvalue weighted by atomic mass is 10.0. The lowest BCUT2D eigenvalue weighted by Gasteiger charge is -2.17. The Balaban J connectivity index is 2.62. The van der Waals surface area contributed by atoms with Crippen LogP contribution in [0.25, 0.3) is 0 Å². The van der Waals surface area contributed by atoms with Crippen LogP contribution in [0.5, 0.6) is 0 Å². The van der Waals surface area contributed by atoms with E-state index in [1.165, 1.54) is 26.2 Å². The lowest BCUT2D eigenvalue weighted by Crippen LogP contribution is -2.09. The summed E-state index contributed by atoms with van der Waals surface area (Å²) in [6.07, 6.45) is 7.25. The second-order valence-electron chi connectivity index (χ2n) is 5.09. The molecule has 0 fully saturated rings. The SMILES string of the molecule is CCCCCCCC(OC(C)=O)c1cccc(C=O)c1. The van der Waals surface area contributed by atoms with E-state index < -0.39 is 0 Å². The molecule has 0 amide bonds. The van der Waals surface area contributed by atoms with Gasteiger partial charge in [0.05, 0.1) is 0 Å². The van der Waals surface area contributed by atoms with Gasteiger partial charge in [-0.05, 0) is 24.5 Å². The highest BCUT2D eigenvalue weighted by Crippen LogP contribution is 2.25. The molecule has 0 heterocycles. The number of rotatable bonds is 9. The third-order valence-corrected chi connectivity index (χ3v) is 3.30. The van der Waals surface area contributed by atoms with E-state index in [-0.39, 0.29) is 12.1 Å². The Labute approximate surface area is 121 Å². The molecule has 20 heavy (non-hydrogen) atoms. The van der Waals surface area contributed by atoms with Crippen LogP contribution in [0.2, 0.25) is 0 Å². The van der Waals surface area contributed by atoms with Gasteiger partial charge in [-0.25, -0.2) is 0 Å². The van der Waals surface area contributed by atoms with Crippen molar-refractivity contribution in [1.29, 1.82) is 0 Å². The fourth-order valence-electron chi connectivity index (χ4n) is 2.26. The quantitative estimate of drug-likeness (QED) is 0.380. The summed E-state index contributed by atoms with van der Waals surface area (Å²) in [5, 5.41) is 0. The number of carbonyl (C=O) groups excluding carboxylic acids is 2. The number of hydrogen-bond donors (Lipinski definition) is 0. The molecule has 0 aliphatic heterocycles. The van der Waals surface area contributed by atoms with Gasteiger partial charge in [-0.3, -0.25) is 9.59 Å². The molecule has 0 bridgehead atoms. The summed E-state index contributed by atoms with van der Waals surface area (Å²) in [6.45, 7) is 3.61. The maximum Gasteiger partial charge on any atom is 0.303 e. The smallest absolute Gasteiger partial charge is 0.303 e. The Morgan fingerprint density at radius 2 is 2.00 bits per heavy atom. The highest BCUT2D eigenvalue weighted by molar-refractivity contribution is 5.75. The Morgan fingerprint density at radius 1 is 1.25 bits per heavy atom. The first kappa shape index (κ1) is 16.4. The maximum atomic E-state index is 11.2. The normalized spacial score (nSPS) is 11.9. The van der Waals surface area contributed by atoms with Crippen LogP contribution in [-0.2, 0) is 9.53 Å². The van der Waals surface area contributed by atoms with Gasteiger partial charge in [0.1, 0.15) is 12.4 Å². The van der Waals surface area contributed by atoms with Gasteiger partial charge in [-0.2, -0.15) is 0 Å². The molecular weight excluding hydrogens is 252 g/mol. The van der Waals surface area contributed by atoms with Crippen LogP contribution in [0.1, 0.15) is 74.4 Å². The van der Waals surface area contributed by atoms with Crippen LogP contribution in [0, 0.1) is 0 Å². The summed E-state index contributed by atoms with van der Waals surface area (Å²) in [6, 6.07) is 7.29. The zero-order valence-corrected chi connectivity index (χ0v) is 12.4. The Kier molecular flexibility index (Phi) is 7.63. The number of aldehydes is 1. The molecular formula is C17H24O3. The van der Waals surface area contributed by atoms with Gasteiger partial charge < -0.3 is 4.74 Å². The molecule has 0 radical (unpaired) electrons. The van der Waals surface area contributed by atoms with Gasteiger partial charge in [-0.1, -0.05) is 50.8 Å². The Bertz CT molecular complexity index is 426. The van der Waals surface area contributed by atoms with Crippen molar-refractivity contribution in [1.82, 2.24) is 0 Å². The third kappa shape index (κ3) is 6.00. The van der Waals surface area contributed by atoms with Crippen molar-refractivity contribution in [3.05, 3.63) is 35.4 Å². The second kappa shape index (κ2) is 9.29. The Morgan fingerprint density at radius 3 is 2.65 bits per heavy atom. The number of esters is 1. The molecule has 1 aromatic carbocycles. The molecule has 3 heteroatoms. The molecule has 1 rings (SSSR count). The fourth-order valence-corrected chi connectivity index (χ4v) is 2.26. The summed E-state index contributed by atoms with van der Waals surface area (Å²) in [5.74, 6) is -0.278. The van der Waals surface area contributed by atoms with Gasteiger partial charge in [-0.15, -0.1) is 0 Å². The number of hydrogen-bond acceptors (Lipinski definition) is 3. The average Bonchev–Trinajstić information content (AvgIpc) is 2.45. The first-order valence-corrected chi connectivity index (χ1v) is 7.39. The third-order valence-electron chi connectivity index (χ3n) is 3.30. The molecule has 0 aliphatic carbocycles. The summed E-state index contributed by atoms with van der Waals surface area (Å²) in [7, 11) is 0. The van der Waals surface area contributed by atoms with Crippen LogP contribution in [0.15, 0.2) is 24.3 Å². The van der Waals surface area contributed by atoms with Gasteiger partial charge in [0.2, 0.25) is 0 Å². The summed E-state index contributed by atoms with van der Waals surface area (Å²) < 4.78 is 5.39. The molecule has 0 aliphatic rings.